The largest absolute Gasteiger partial charge is 0.459 e. The highest BCUT2D eigenvalue weighted by atomic mass is 16.5. The Hall–Kier alpha value is -1.88. The van der Waals surface area contributed by atoms with Gasteiger partial charge in [-0.2, -0.15) is 0 Å². The zero-order valence-corrected chi connectivity index (χ0v) is 11.3. The Morgan fingerprint density at radius 3 is 2.37 bits per heavy atom. The normalized spacial score (nSPS) is 13.5. The third-order valence-electron chi connectivity index (χ3n) is 2.84. The molecule has 0 aliphatic carbocycles. The van der Waals surface area contributed by atoms with E-state index in [-0.39, 0.29) is 0 Å². The van der Waals surface area contributed by atoms with Crippen molar-refractivity contribution < 1.29 is 19.5 Å². The predicted octanol–water partition coefficient (Wildman–Crippen LogP) is 2.07. The van der Waals surface area contributed by atoms with Crippen LogP contribution in [0.3, 0.4) is 0 Å². The fourth-order valence-corrected chi connectivity index (χ4v) is 1.70. The summed E-state index contributed by atoms with van der Waals surface area (Å²) < 4.78 is 5.24. The molecule has 1 aromatic rings. The van der Waals surface area contributed by atoms with E-state index in [1.165, 1.54) is 0 Å². The Morgan fingerprint density at radius 2 is 1.84 bits per heavy atom. The molecule has 5 nitrogen and oxygen atoms in total. The standard InChI is InChI=1S/C14H19NO4/c1-9-4-6-12(7-5-9)14(17)19-11(3)8-10(2)13(16)15-18/h4-7,10-11,18H,8H2,1-3H3,(H,15,16). The van der Waals surface area contributed by atoms with Crippen molar-refractivity contribution >= 4 is 11.9 Å². The number of esters is 1. The first-order valence-electron chi connectivity index (χ1n) is 6.15. The summed E-state index contributed by atoms with van der Waals surface area (Å²) in [7, 11) is 0. The maximum Gasteiger partial charge on any atom is 0.338 e. The van der Waals surface area contributed by atoms with E-state index in [2.05, 4.69) is 0 Å². The maximum absolute atomic E-state index is 11.8. The highest BCUT2D eigenvalue weighted by molar-refractivity contribution is 5.89. The summed E-state index contributed by atoms with van der Waals surface area (Å²) in [5, 5.41) is 8.50. The maximum atomic E-state index is 11.8. The lowest BCUT2D eigenvalue weighted by molar-refractivity contribution is -0.133. The summed E-state index contributed by atoms with van der Waals surface area (Å²) in [5.41, 5.74) is 3.13. The van der Waals surface area contributed by atoms with Crippen LogP contribution in [0.4, 0.5) is 0 Å². The van der Waals surface area contributed by atoms with E-state index in [1.54, 1.807) is 31.5 Å². The van der Waals surface area contributed by atoms with Crippen LogP contribution < -0.4 is 5.48 Å². The van der Waals surface area contributed by atoms with E-state index in [1.807, 2.05) is 19.1 Å². The fraction of sp³-hybridized carbons (Fsp3) is 0.429. The van der Waals surface area contributed by atoms with Gasteiger partial charge in [0.25, 0.3) is 0 Å². The molecule has 0 aliphatic heterocycles. The van der Waals surface area contributed by atoms with Gasteiger partial charge in [-0.3, -0.25) is 10.0 Å². The lowest BCUT2D eigenvalue weighted by Gasteiger charge is -2.16. The van der Waals surface area contributed by atoms with Crippen LogP contribution in [0.5, 0.6) is 0 Å². The minimum absolute atomic E-state index is 0.351. The second-order valence-corrected chi connectivity index (χ2v) is 4.69. The molecular weight excluding hydrogens is 246 g/mol. The van der Waals surface area contributed by atoms with Gasteiger partial charge in [0, 0.05) is 5.92 Å². The molecule has 19 heavy (non-hydrogen) atoms. The van der Waals surface area contributed by atoms with Crippen molar-refractivity contribution in [2.24, 2.45) is 5.92 Å². The van der Waals surface area contributed by atoms with Crippen molar-refractivity contribution in [3.05, 3.63) is 35.4 Å². The third kappa shape index (κ3) is 4.71. The van der Waals surface area contributed by atoms with Crippen molar-refractivity contribution in [3.8, 4) is 0 Å². The van der Waals surface area contributed by atoms with Crippen molar-refractivity contribution in [2.75, 3.05) is 0 Å². The molecule has 2 atom stereocenters. The van der Waals surface area contributed by atoms with Gasteiger partial charge in [-0.05, 0) is 32.4 Å². The second kappa shape index (κ2) is 6.89. The third-order valence-corrected chi connectivity index (χ3v) is 2.84. The smallest absolute Gasteiger partial charge is 0.338 e. The fourth-order valence-electron chi connectivity index (χ4n) is 1.70. The van der Waals surface area contributed by atoms with Crippen LogP contribution in [-0.2, 0) is 9.53 Å². The Morgan fingerprint density at radius 1 is 1.26 bits per heavy atom. The monoisotopic (exact) mass is 265 g/mol. The number of nitrogens with one attached hydrogen (secondary N) is 1. The predicted molar refractivity (Wildman–Crippen MR) is 69.8 cm³/mol. The second-order valence-electron chi connectivity index (χ2n) is 4.69. The summed E-state index contributed by atoms with van der Waals surface area (Å²) in [5.74, 6) is -1.33. The van der Waals surface area contributed by atoms with Crippen molar-refractivity contribution in [1.82, 2.24) is 5.48 Å². The highest BCUT2D eigenvalue weighted by Gasteiger charge is 2.19. The number of rotatable bonds is 5. The molecule has 2 unspecified atom stereocenters. The molecule has 0 bridgehead atoms. The molecule has 0 aromatic heterocycles. The first-order chi connectivity index (χ1) is 8.93. The lowest BCUT2D eigenvalue weighted by atomic mass is 10.0. The zero-order valence-electron chi connectivity index (χ0n) is 11.3. The molecule has 0 fully saturated rings. The average molecular weight is 265 g/mol. The number of carbonyl (C=O) groups excluding carboxylic acids is 2. The molecule has 2 N–H and O–H groups in total. The van der Waals surface area contributed by atoms with Crippen LogP contribution in [0.1, 0.15) is 36.2 Å². The van der Waals surface area contributed by atoms with E-state index in [0.29, 0.717) is 12.0 Å². The molecule has 0 saturated heterocycles. The number of amides is 1. The quantitative estimate of drug-likeness (QED) is 0.485. The average Bonchev–Trinajstić information content (AvgIpc) is 2.38. The van der Waals surface area contributed by atoms with Gasteiger partial charge in [-0.15, -0.1) is 0 Å². The van der Waals surface area contributed by atoms with E-state index < -0.39 is 23.9 Å². The number of carbonyl (C=O) groups is 2. The number of ether oxygens (including phenoxy) is 1. The van der Waals surface area contributed by atoms with Crippen molar-refractivity contribution in [3.63, 3.8) is 0 Å². The van der Waals surface area contributed by atoms with Gasteiger partial charge in [0.15, 0.2) is 0 Å². The summed E-state index contributed by atoms with van der Waals surface area (Å²) >= 11 is 0. The minimum Gasteiger partial charge on any atom is -0.459 e. The van der Waals surface area contributed by atoms with Crippen LogP contribution in [0.15, 0.2) is 24.3 Å². The van der Waals surface area contributed by atoms with Crippen molar-refractivity contribution in [2.45, 2.75) is 33.3 Å². The Labute approximate surface area is 112 Å². The summed E-state index contributed by atoms with van der Waals surface area (Å²) in [6.07, 6.45) is -0.0506. The summed E-state index contributed by atoms with van der Waals surface area (Å²) in [6.45, 7) is 5.31. The van der Waals surface area contributed by atoms with Gasteiger partial charge >= 0.3 is 5.97 Å². The highest BCUT2D eigenvalue weighted by Crippen LogP contribution is 2.12. The molecule has 104 valence electrons. The minimum atomic E-state index is -0.488. The molecule has 0 radical (unpaired) electrons. The number of benzene rings is 1. The lowest BCUT2D eigenvalue weighted by Crippen LogP contribution is -2.29. The van der Waals surface area contributed by atoms with Gasteiger partial charge in [-0.25, -0.2) is 10.3 Å². The van der Waals surface area contributed by atoms with Crippen LogP contribution in [0.2, 0.25) is 0 Å². The Kier molecular flexibility index (Phi) is 5.51. The summed E-state index contributed by atoms with van der Waals surface area (Å²) in [4.78, 5) is 23.0. The van der Waals surface area contributed by atoms with Gasteiger partial charge in [0.05, 0.1) is 5.56 Å². The molecule has 0 spiro atoms. The molecule has 0 saturated carbocycles. The Balaban J connectivity index is 2.52. The van der Waals surface area contributed by atoms with Crippen LogP contribution >= 0.6 is 0 Å². The van der Waals surface area contributed by atoms with E-state index in [4.69, 9.17) is 9.94 Å². The first-order valence-corrected chi connectivity index (χ1v) is 6.15. The van der Waals surface area contributed by atoms with Crippen LogP contribution in [0, 0.1) is 12.8 Å². The number of hydrogen-bond donors (Lipinski definition) is 2. The van der Waals surface area contributed by atoms with Gasteiger partial charge in [0.2, 0.25) is 5.91 Å². The summed E-state index contributed by atoms with van der Waals surface area (Å²) in [6, 6.07) is 7.08. The molecule has 1 rings (SSSR count). The zero-order chi connectivity index (χ0) is 14.4. The van der Waals surface area contributed by atoms with Gasteiger partial charge in [0.1, 0.15) is 6.10 Å². The van der Waals surface area contributed by atoms with E-state index in [9.17, 15) is 9.59 Å². The number of hydroxylamine groups is 1. The first kappa shape index (κ1) is 15.2. The topological polar surface area (TPSA) is 75.6 Å². The molecule has 1 aromatic carbocycles. The van der Waals surface area contributed by atoms with Gasteiger partial charge < -0.3 is 4.74 Å². The SMILES string of the molecule is Cc1ccc(C(=O)OC(C)CC(C)C(=O)NO)cc1. The molecule has 1 amide bonds. The van der Waals surface area contributed by atoms with E-state index >= 15 is 0 Å². The van der Waals surface area contributed by atoms with E-state index in [0.717, 1.165) is 5.56 Å². The molecule has 5 heteroatoms. The van der Waals surface area contributed by atoms with Crippen molar-refractivity contribution in [1.29, 1.82) is 0 Å². The Bertz CT molecular complexity index is 441. The molecular formula is C14H19NO4. The van der Waals surface area contributed by atoms with Crippen LogP contribution in [0.25, 0.3) is 0 Å². The molecule has 0 heterocycles. The molecule has 0 aliphatic rings. The van der Waals surface area contributed by atoms with Gasteiger partial charge in [-0.1, -0.05) is 24.6 Å². The number of aryl methyl sites for hydroxylation is 1. The van der Waals surface area contributed by atoms with Crippen LogP contribution in [-0.4, -0.2) is 23.2 Å². The number of hydrogen-bond acceptors (Lipinski definition) is 4.